The first kappa shape index (κ1) is 11.3. The first-order valence-electron chi connectivity index (χ1n) is 4.53. The monoisotopic (exact) mass is 160 g/mol. The van der Waals surface area contributed by atoms with Crippen LogP contribution in [0.4, 0.5) is 0 Å². The van der Waals surface area contributed by atoms with Crippen molar-refractivity contribution in [1.29, 1.82) is 0 Å². The van der Waals surface area contributed by atoms with E-state index >= 15 is 0 Å². The van der Waals surface area contributed by atoms with E-state index in [1.807, 2.05) is 18.2 Å². The Morgan fingerprint density at radius 2 is 1.75 bits per heavy atom. The van der Waals surface area contributed by atoms with Crippen LogP contribution in [-0.2, 0) is 0 Å². The van der Waals surface area contributed by atoms with Crippen LogP contribution in [0.25, 0.3) is 0 Å². The molecule has 0 atom stereocenters. The Morgan fingerprint density at radius 3 is 1.92 bits per heavy atom. The van der Waals surface area contributed by atoms with Crippen molar-refractivity contribution in [2.45, 2.75) is 33.0 Å². The number of hydrogen-bond donors (Lipinski definition) is 0. The zero-order valence-electron chi connectivity index (χ0n) is 8.09. The van der Waals surface area contributed by atoms with E-state index < -0.39 is 0 Å². The third-order valence-electron chi connectivity index (χ3n) is 1.50. The number of unbranched alkanes of at least 4 members (excludes halogenated alkanes) is 1. The zero-order chi connectivity index (χ0) is 9.23. The summed E-state index contributed by atoms with van der Waals surface area (Å²) < 4.78 is 0. The van der Waals surface area contributed by atoms with Gasteiger partial charge in [-0.05, 0) is 6.92 Å². The van der Waals surface area contributed by atoms with Crippen LogP contribution in [-0.4, -0.2) is 7.85 Å². The minimum absolute atomic E-state index is 0.844. The fourth-order valence-corrected chi connectivity index (χ4v) is 0.739. The van der Waals surface area contributed by atoms with Crippen molar-refractivity contribution in [1.82, 2.24) is 0 Å². The van der Waals surface area contributed by atoms with Gasteiger partial charge < -0.3 is 0 Å². The van der Waals surface area contributed by atoms with Crippen LogP contribution in [0, 0.1) is 6.92 Å². The van der Waals surface area contributed by atoms with Crippen molar-refractivity contribution in [2.75, 3.05) is 0 Å². The van der Waals surface area contributed by atoms with E-state index in [0.717, 1.165) is 6.32 Å². The minimum atomic E-state index is 0.844. The van der Waals surface area contributed by atoms with Gasteiger partial charge in [0.25, 0.3) is 0 Å². The lowest BCUT2D eigenvalue weighted by atomic mass is 10.0. The maximum atomic E-state index is 5.14. The molecule has 2 radical (unpaired) electrons. The van der Waals surface area contributed by atoms with Gasteiger partial charge in [-0.15, -0.1) is 0 Å². The Kier molecular flexibility index (Phi) is 7.88. The lowest BCUT2D eigenvalue weighted by molar-refractivity contribution is 0.884. The molecule has 1 aromatic carbocycles. The molecular weight excluding hydrogens is 143 g/mol. The maximum absolute atomic E-state index is 5.14. The molecule has 0 aliphatic rings. The molecule has 0 nitrogen and oxygen atoms in total. The molecule has 0 amide bonds. The normalized spacial score (nSPS) is 8.50. The second-order valence-electron chi connectivity index (χ2n) is 2.80. The Morgan fingerprint density at radius 1 is 1.17 bits per heavy atom. The van der Waals surface area contributed by atoms with Gasteiger partial charge in [0.05, 0.1) is 7.85 Å². The van der Waals surface area contributed by atoms with Gasteiger partial charge >= 0.3 is 0 Å². The highest BCUT2D eigenvalue weighted by Crippen LogP contribution is 1.92. The molecule has 0 saturated carbocycles. The fraction of sp³-hybridized carbons (Fsp3) is 0.455. The Labute approximate surface area is 77.4 Å². The van der Waals surface area contributed by atoms with E-state index in [1.54, 1.807) is 0 Å². The number of benzene rings is 1. The topological polar surface area (TPSA) is 0 Å². The van der Waals surface area contributed by atoms with Crippen LogP contribution in [0.3, 0.4) is 0 Å². The van der Waals surface area contributed by atoms with Crippen molar-refractivity contribution in [3.63, 3.8) is 0 Å². The Balaban J connectivity index is 0.000000217. The lowest BCUT2D eigenvalue weighted by Crippen LogP contribution is -1.63. The fourth-order valence-electron chi connectivity index (χ4n) is 0.739. The average Bonchev–Trinajstić information content (AvgIpc) is 2.08. The standard InChI is InChI=1S/C7H8.C4H9B/c1-7-5-3-2-4-6-7;1-2-3-4-5/h2-6H,1H3;2-4H2,1H3. The van der Waals surface area contributed by atoms with Crippen LogP contribution in [0.15, 0.2) is 30.3 Å². The maximum Gasteiger partial charge on any atom is 0.0652 e. The molecule has 0 spiro atoms. The highest BCUT2D eigenvalue weighted by Gasteiger charge is 1.72. The molecule has 1 heteroatoms. The summed E-state index contributed by atoms with van der Waals surface area (Å²) in [5.74, 6) is 0. The number of aryl methyl sites for hydroxylation is 1. The van der Waals surface area contributed by atoms with E-state index in [4.69, 9.17) is 7.85 Å². The molecule has 0 aliphatic heterocycles. The third kappa shape index (κ3) is 7.39. The van der Waals surface area contributed by atoms with Crippen LogP contribution >= 0.6 is 0 Å². The highest BCUT2D eigenvalue weighted by atomic mass is 13.8. The Hall–Kier alpha value is -0.715. The van der Waals surface area contributed by atoms with Crippen molar-refractivity contribution < 1.29 is 0 Å². The smallest absolute Gasteiger partial charge is 0.0652 e. The van der Waals surface area contributed by atoms with Gasteiger partial charge in [0.15, 0.2) is 0 Å². The molecule has 0 N–H and O–H groups in total. The van der Waals surface area contributed by atoms with E-state index in [9.17, 15) is 0 Å². The van der Waals surface area contributed by atoms with Gasteiger partial charge in [0, 0.05) is 0 Å². The van der Waals surface area contributed by atoms with Crippen LogP contribution in [0.2, 0.25) is 6.32 Å². The molecule has 1 rings (SSSR count). The van der Waals surface area contributed by atoms with Gasteiger partial charge in [-0.2, -0.15) is 0 Å². The molecule has 0 bridgehead atoms. The molecule has 0 heterocycles. The van der Waals surface area contributed by atoms with E-state index in [0.29, 0.717) is 0 Å². The van der Waals surface area contributed by atoms with Gasteiger partial charge in [-0.3, -0.25) is 0 Å². The first-order valence-corrected chi connectivity index (χ1v) is 4.53. The van der Waals surface area contributed by atoms with Gasteiger partial charge in [0.2, 0.25) is 0 Å². The first-order chi connectivity index (χ1) is 5.81. The second kappa shape index (κ2) is 8.38. The van der Waals surface area contributed by atoms with Crippen LogP contribution in [0.1, 0.15) is 25.3 Å². The van der Waals surface area contributed by atoms with Crippen LogP contribution in [0.5, 0.6) is 0 Å². The van der Waals surface area contributed by atoms with Gasteiger partial charge in [0.1, 0.15) is 0 Å². The summed E-state index contributed by atoms with van der Waals surface area (Å²) in [6.07, 6.45) is 3.23. The predicted octanol–water partition coefficient (Wildman–Crippen LogP) is 3.37. The SMILES string of the molecule is Cc1ccccc1.[B]CCCC. The zero-order valence-corrected chi connectivity index (χ0v) is 8.09. The van der Waals surface area contributed by atoms with Crippen molar-refractivity contribution in [2.24, 2.45) is 0 Å². The number of rotatable bonds is 2. The van der Waals surface area contributed by atoms with Crippen molar-refractivity contribution >= 4 is 7.85 Å². The summed E-state index contributed by atoms with van der Waals surface area (Å²) >= 11 is 0. The summed E-state index contributed by atoms with van der Waals surface area (Å²) in [5.41, 5.74) is 1.32. The summed E-state index contributed by atoms with van der Waals surface area (Å²) in [7, 11) is 5.14. The van der Waals surface area contributed by atoms with E-state index in [1.165, 1.54) is 18.4 Å². The summed E-state index contributed by atoms with van der Waals surface area (Å²) in [4.78, 5) is 0. The van der Waals surface area contributed by atoms with Crippen molar-refractivity contribution in [3.8, 4) is 0 Å². The predicted molar refractivity (Wildman–Crippen MR) is 56.6 cm³/mol. The van der Waals surface area contributed by atoms with Gasteiger partial charge in [-0.1, -0.05) is 62.0 Å². The number of hydrogen-bond acceptors (Lipinski definition) is 0. The van der Waals surface area contributed by atoms with Crippen LogP contribution < -0.4 is 0 Å². The van der Waals surface area contributed by atoms with E-state index in [2.05, 4.69) is 26.0 Å². The minimum Gasteiger partial charge on any atom is -0.0887 e. The van der Waals surface area contributed by atoms with Crippen molar-refractivity contribution in [3.05, 3.63) is 35.9 Å². The third-order valence-corrected chi connectivity index (χ3v) is 1.50. The molecule has 0 fully saturated rings. The molecule has 0 aliphatic carbocycles. The van der Waals surface area contributed by atoms with Gasteiger partial charge in [-0.25, -0.2) is 0 Å². The molecule has 0 unspecified atom stereocenters. The molecule has 64 valence electrons. The largest absolute Gasteiger partial charge is 0.0887 e. The summed E-state index contributed by atoms with van der Waals surface area (Å²) in [5, 5.41) is 0. The molecular formula is C11H17B. The molecule has 1 aromatic rings. The van der Waals surface area contributed by atoms with E-state index in [-0.39, 0.29) is 0 Å². The average molecular weight is 160 g/mol. The summed E-state index contributed by atoms with van der Waals surface area (Å²) in [6.45, 7) is 4.22. The Bertz CT molecular complexity index is 168. The lowest BCUT2D eigenvalue weighted by Gasteiger charge is -1.82. The quantitative estimate of drug-likeness (QED) is 0.582. The molecule has 0 aromatic heterocycles. The molecule has 12 heavy (non-hydrogen) atoms. The highest BCUT2D eigenvalue weighted by molar-refractivity contribution is 6.08. The molecule has 0 saturated heterocycles. The summed E-state index contributed by atoms with van der Waals surface area (Å²) in [6, 6.07) is 10.3. The second-order valence-corrected chi connectivity index (χ2v) is 2.80.